The van der Waals surface area contributed by atoms with Crippen molar-refractivity contribution in [2.75, 3.05) is 13.2 Å². The van der Waals surface area contributed by atoms with Gasteiger partial charge in [-0.1, -0.05) is 0 Å². The molecule has 0 spiro atoms. The molecule has 4 nitrogen and oxygen atoms in total. The molecular weight excluding hydrogens is 386 g/mol. The highest BCUT2D eigenvalue weighted by Crippen LogP contribution is 2.32. The largest absolute Gasteiger partial charge is 0.464 e. The monoisotopic (exact) mass is 395 g/mol. The van der Waals surface area contributed by atoms with Crippen molar-refractivity contribution >= 4 is 55.1 Å². The number of amides is 1. The van der Waals surface area contributed by atoms with Crippen molar-refractivity contribution in [1.29, 1.82) is 0 Å². The summed E-state index contributed by atoms with van der Waals surface area (Å²) in [6.45, 7) is 0.392. The summed E-state index contributed by atoms with van der Waals surface area (Å²) >= 11 is 7.92. The lowest BCUT2D eigenvalue weighted by atomic mass is 10.4. The predicted molar refractivity (Wildman–Crippen MR) is 75.7 cm³/mol. The summed E-state index contributed by atoms with van der Waals surface area (Å²) in [5.41, 5.74) is 0. The normalized spacial score (nSPS) is 14.3. The third-order valence-electron chi connectivity index (χ3n) is 2.44. The van der Waals surface area contributed by atoms with Crippen molar-refractivity contribution in [3.05, 3.63) is 19.2 Å². The number of hydrogen-bond acceptors (Lipinski definition) is 4. The van der Waals surface area contributed by atoms with Crippen LogP contribution < -0.4 is 5.32 Å². The van der Waals surface area contributed by atoms with Gasteiger partial charge in [-0.3, -0.25) is 9.59 Å². The second-order valence-electron chi connectivity index (χ2n) is 4.04. The SMILES string of the molecule is O=C(CNC(=O)c1cc(Br)c(Br)s1)OCC1CC1. The summed E-state index contributed by atoms with van der Waals surface area (Å²) in [5, 5.41) is 2.54. The average molecular weight is 397 g/mol. The van der Waals surface area contributed by atoms with Crippen molar-refractivity contribution in [3.8, 4) is 0 Å². The van der Waals surface area contributed by atoms with E-state index in [2.05, 4.69) is 37.2 Å². The summed E-state index contributed by atoms with van der Waals surface area (Å²) in [4.78, 5) is 23.6. The zero-order chi connectivity index (χ0) is 13.1. The molecule has 1 heterocycles. The number of ether oxygens (including phenoxy) is 1. The first-order valence-electron chi connectivity index (χ1n) is 5.45. The van der Waals surface area contributed by atoms with E-state index in [1.54, 1.807) is 6.07 Å². The Balaban J connectivity index is 1.74. The van der Waals surface area contributed by atoms with E-state index in [1.807, 2.05) is 0 Å². The minimum atomic E-state index is -0.384. The van der Waals surface area contributed by atoms with Gasteiger partial charge < -0.3 is 10.1 Å². The Labute approximate surface area is 125 Å². The number of rotatable bonds is 5. The lowest BCUT2D eigenvalue weighted by molar-refractivity contribution is -0.142. The minimum absolute atomic E-state index is 0.0846. The van der Waals surface area contributed by atoms with Gasteiger partial charge >= 0.3 is 5.97 Å². The molecule has 1 aliphatic carbocycles. The van der Waals surface area contributed by atoms with E-state index in [9.17, 15) is 9.59 Å². The molecule has 1 amide bonds. The maximum atomic E-state index is 11.7. The van der Waals surface area contributed by atoms with Crippen LogP contribution in [0.1, 0.15) is 22.5 Å². The summed E-state index contributed by atoms with van der Waals surface area (Å²) in [5.74, 6) is -0.117. The highest BCUT2D eigenvalue weighted by Gasteiger charge is 2.23. The van der Waals surface area contributed by atoms with Crippen LogP contribution in [0.4, 0.5) is 0 Å². The third-order valence-corrected chi connectivity index (χ3v) is 5.69. The Kier molecular flexibility index (Phi) is 4.80. The highest BCUT2D eigenvalue weighted by molar-refractivity contribution is 9.13. The van der Waals surface area contributed by atoms with Gasteiger partial charge in [-0.15, -0.1) is 11.3 Å². The molecule has 1 aliphatic rings. The van der Waals surface area contributed by atoms with Gasteiger partial charge in [0.25, 0.3) is 5.91 Å². The van der Waals surface area contributed by atoms with E-state index in [4.69, 9.17) is 4.74 Å². The molecule has 0 radical (unpaired) electrons. The maximum absolute atomic E-state index is 11.7. The van der Waals surface area contributed by atoms with Crippen LogP contribution in [0.2, 0.25) is 0 Å². The van der Waals surface area contributed by atoms with E-state index in [0.717, 1.165) is 21.1 Å². The van der Waals surface area contributed by atoms with Crippen LogP contribution in [0, 0.1) is 5.92 Å². The lowest BCUT2D eigenvalue weighted by Crippen LogP contribution is -2.30. The van der Waals surface area contributed by atoms with Crippen LogP contribution in [-0.4, -0.2) is 25.0 Å². The molecule has 98 valence electrons. The van der Waals surface area contributed by atoms with Crippen LogP contribution in [0.25, 0.3) is 0 Å². The number of hydrogen-bond donors (Lipinski definition) is 1. The summed E-state index contributed by atoms with van der Waals surface area (Å²) < 4.78 is 6.69. The summed E-state index contributed by atoms with van der Waals surface area (Å²) in [6, 6.07) is 1.71. The van der Waals surface area contributed by atoms with Crippen LogP contribution in [0.3, 0.4) is 0 Å². The summed E-state index contributed by atoms with van der Waals surface area (Å²) in [7, 11) is 0. The number of carbonyl (C=O) groups is 2. The zero-order valence-corrected chi connectivity index (χ0v) is 13.4. The Morgan fingerprint density at radius 3 is 2.72 bits per heavy atom. The molecule has 1 N–H and O–H groups in total. The third kappa shape index (κ3) is 4.07. The molecular formula is C11H11Br2NO3S. The lowest BCUT2D eigenvalue weighted by Gasteiger charge is -2.04. The first kappa shape index (κ1) is 14.0. The second kappa shape index (κ2) is 6.16. The quantitative estimate of drug-likeness (QED) is 0.778. The van der Waals surface area contributed by atoms with Crippen LogP contribution in [0.5, 0.6) is 0 Å². The van der Waals surface area contributed by atoms with E-state index in [-0.39, 0.29) is 18.4 Å². The standard InChI is InChI=1S/C11H11Br2NO3S/c12-7-3-8(18-10(7)13)11(16)14-4-9(15)17-5-6-1-2-6/h3,6H,1-2,4-5H2,(H,14,16). The zero-order valence-electron chi connectivity index (χ0n) is 9.37. The van der Waals surface area contributed by atoms with Gasteiger partial charge in [0.15, 0.2) is 0 Å². The first-order valence-corrected chi connectivity index (χ1v) is 7.85. The molecule has 2 rings (SSSR count). The molecule has 1 aromatic rings. The van der Waals surface area contributed by atoms with E-state index in [0.29, 0.717) is 17.4 Å². The topological polar surface area (TPSA) is 55.4 Å². The van der Waals surface area contributed by atoms with E-state index in [1.165, 1.54) is 11.3 Å². The van der Waals surface area contributed by atoms with Crippen molar-refractivity contribution in [2.24, 2.45) is 5.92 Å². The van der Waals surface area contributed by atoms with Gasteiger partial charge in [-0.25, -0.2) is 0 Å². The number of esters is 1. The van der Waals surface area contributed by atoms with Gasteiger partial charge in [0.1, 0.15) is 6.54 Å². The molecule has 0 atom stereocenters. The Bertz CT molecular complexity index is 451. The van der Waals surface area contributed by atoms with Gasteiger partial charge in [0.05, 0.1) is 15.3 Å². The Morgan fingerprint density at radius 1 is 1.44 bits per heavy atom. The fourth-order valence-electron chi connectivity index (χ4n) is 1.24. The number of halogens is 2. The molecule has 0 aliphatic heterocycles. The molecule has 0 bridgehead atoms. The smallest absolute Gasteiger partial charge is 0.325 e. The fourth-order valence-corrected chi connectivity index (χ4v) is 3.20. The van der Waals surface area contributed by atoms with Crippen molar-refractivity contribution in [3.63, 3.8) is 0 Å². The van der Waals surface area contributed by atoms with Gasteiger partial charge in [0, 0.05) is 4.47 Å². The van der Waals surface area contributed by atoms with Crippen LogP contribution in [0.15, 0.2) is 14.3 Å². The molecule has 7 heteroatoms. The molecule has 1 fully saturated rings. The molecule has 1 aromatic heterocycles. The van der Waals surface area contributed by atoms with Gasteiger partial charge in [-0.2, -0.15) is 0 Å². The Morgan fingerprint density at radius 2 is 2.17 bits per heavy atom. The fraction of sp³-hybridized carbons (Fsp3) is 0.455. The maximum Gasteiger partial charge on any atom is 0.325 e. The number of carbonyl (C=O) groups excluding carboxylic acids is 2. The molecule has 0 unspecified atom stereocenters. The Hall–Kier alpha value is -0.400. The van der Waals surface area contributed by atoms with Crippen molar-refractivity contribution in [1.82, 2.24) is 5.32 Å². The van der Waals surface area contributed by atoms with Gasteiger partial charge in [0.2, 0.25) is 0 Å². The molecule has 0 aromatic carbocycles. The van der Waals surface area contributed by atoms with Crippen molar-refractivity contribution < 1.29 is 14.3 Å². The van der Waals surface area contributed by atoms with E-state index < -0.39 is 0 Å². The minimum Gasteiger partial charge on any atom is -0.464 e. The number of nitrogens with one attached hydrogen (secondary N) is 1. The predicted octanol–water partition coefficient (Wildman–Crippen LogP) is 2.96. The molecule has 0 saturated heterocycles. The van der Waals surface area contributed by atoms with Crippen LogP contribution in [-0.2, 0) is 9.53 Å². The highest BCUT2D eigenvalue weighted by atomic mass is 79.9. The van der Waals surface area contributed by atoms with Gasteiger partial charge in [-0.05, 0) is 56.7 Å². The first-order chi connectivity index (χ1) is 8.56. The average Bonchev–Trinajstić information content (AvgIpc) is 3.10. The second-order valence-corrected chi connectivity index (χ2v) is 7.27. The van der Waals surface area contributed by atoms with E-state index >= 15 is 0 Å². The molecule has 1 saturated carbocycles. The van der Waals surface area contributed by atoms with Crippen molar-refractivity contribution in [2.45, 2.75) is 12.8 Å². The summed E-state index contributed by atoms with van der Waals surface area (Å²) in [6.07, 6.45) is 2.27. The van der Waals surface area contributed by atoms with Crippen LogP contribution >= 0.6 is 43.2 Å². The molecule has 18 heavy (non-hydrogen) atoms. The number of thiophene rings is 1.